The molecule has 5 heterocycles. The Morgan fingerprint density at radius 3 is 2.44 bits per heavy atom. The van der Waals surface area contributed by atoms with Gasteiger partial charge in [0.2, 0.25) is 11.8 Å². The minimum Gasteiger partial charge on any atom is -0.420 e. The Hall–Kier alpha value is -4.56. The molecule has 36 heavy (non-hydrogen) atoms. The minimum absolute atomic E-state index is 0.232. The SMILES string of the molecule is Cc1nn(-c2ccccc2)c2c1[C@@H](c1ccc(Cl)cc1)c1c(ncn3nc(-c4ccncc4)nc13)O2. The Morgan fingerprint density at radius 1 is 0.889 bits per heavy atom. The maximum atomic E-state index is 6.45. The lowest BCUT2D eigenvalue weighted by Gasteiger charge is -2.26. The van der Waals surface area contributed by atoms with Gasteiger partial charge in [0, 0.05) is 23.0 Å². The van der Waals surface area contributed by atoms with Crippen LogP contribution < -0.4 is 4.74 Å². The van der Waals surface area contributed by atoms with Crippen molar-refractivity contribution in [3.05, 3.63) is 113 Å². The van der Waals surface area contributed by atoms with Gasteiger partial charge in [-0.2, -0.15) is 5.10 Å². The predicted molar refractivity (Wildman–Crippen MR) is 135 cm³/mol. The van der Waals surface area contributed by atoms with Gasteiger partial charge in [-0.1, -0.05) is 41.9 Å². The Kier molecular flexibility index (Phi) is 4.62. The van der Waals surface area contributed by atoms with E-state index in [0.29, 0.717) is 28.3 Å². The van der Waals surface area contributed by atoms with E-state index in [9.17, 15) is 0 Å². The third-order valence-electron chi connectivity index (χ3n) is 6.36. The second-order valence-corrected chi connectivity index (χ2v) is 8.98. The second-order valence-electron chi connectivity index (χ2n) is 8.54. The summed E-state index contributed by atoms with van der Waals surface area (Å²) < 4.78 is 9.98. The third-order valence-corrected chi connectivity index (χ3v) is 6.61. The van der Waals surface area contributed by atoms with E-state index in [2.05, 4.69) is 15.1 Å². The molecule has 1 atom stereocenters. The highest BCUT2D eigenvalue weighted by molar-refractivity contribution is 6.30. The van der Waals surface area contributed by atoms with Crippen molar-refractivity contribution in [3.63, 3.8) is 0 Å². The van der Waals surface area contributed by atoms with E-state index in [1.807, 2.05) is 78.3 Å². The number of benzene rings is 2. The lowest BCUT2D eigenvalue weighted by molar-refractivity contribution is 0.402. The molecule has 0 radical (unpaired) electrons. The second kappa shape index (κ2) is 8.00. The van der Waals surface area contributed by atoms with Crippen molar-refractivity contribution in [1.82, 2.24) is 34.3 Å². The lowest BCUT2D eigenvalue weighted by atomic mass is 9.84. The molecule has 0 N–H and O–H groups in total. The van der Waals surface area contributed by atoms with Crippen LogP contribution in [0.2, 0.25) is 5.02 Å². The summed E-state index contributed by atoms with van der Waals surface area (Å²) in [6.45, 7) is 2.00. The molecule has 174 valence electrons. The van der Waals surface area contributed by atoms with Crippen molar-refractivity contribution in [1.29, 1.82) is 0 Å². The summed E-state index contributed by atoms with van der Waals surface area (Å²) in [5.41, 5.74) is 6.12. The lowest BCUT2D eigenvalue weighted by Crippen LogP contribution is -2.16. The first-order chi connectivity index (χ1) is 17.7. The number of para-hydroxylation sites is 1. The van der Waals surface area contributed by atoms with Gasteiger partial charge < -0.3 is 4.74 Å². The molecule has 0 saturated carbocycles. The molecule has 0 aliphatic carbocycles. The first-order valence-electron chi connectivity index (χ1n) is 11.4. The topological polar surface area (TPSA) is 83.0 Å². The molecule has 4 aromatic heterocycles. The van der Waals surface area contributed by atoms with Crippen LogP contribution >= 0.6 is 11.6 Å². The maximum absolute atomic E-state index is 6.45. The zero-order chi connectivity index (χ0) is 24.2. The molecule has 9 heteroatoms. The standard InChI is InChI=1S/C27H18ClN7O/c1-16-21-22(17-7-9-19(28)10-8-17)23-25-31-24(18-11-13-29-14-12-18)33-34(25)15-30-26(23)36-27(21)35(32-16)20-5-3-2-4-6-20/h2-15,22H,1H3/t22-/m1/s1. The van der Waals surface area contributed by atoms with E-state index in [4.69, 9.17) is 26.4 Å². The van der Waals surface area contributed by atoms with E-state index < -0.39 is 0 Å². The number of ether oxygens (including phenoxy) is 1. The van der Waals surface area contributed by atoms with Crippen molar-refractivity contribution in [2.24, 2.45) is 0 Å². The highest BCUT2D eigenvalue weighted by Crippen LogP contribution is 2.49. The Morgan fingerprint density at radius 2 is 1.67 bits per heavy atom. The summed E-state index contributed by atoms with van der Waals surface area (Å²) in [5.74, 6) is 1.46. The minimum atomic E-state index is -0.232. The molecule has 8 nitrogen and oxygen atoms in total. The molecule has 0 fully saturated rings. The fraction of sp³-hybridized carbons (Fsp3) is 0.0741. The molecule has 0 bridgehead atoms. The highest BCUT2D eigenvalue weighted by atomic mass is 35.5. The first-order valence-corrected chi connectivity index (χ1v) is 11.8. The number of aromatic nitrogens is 7. The normalized spacial score (nSPS) is 14.3. The van der Waals surface area contributed by atoms with Crippen LogP contribution in [0, 0.1) is 6.92 Å². The molecular weight excluding hydrogens is 474 g/mol. The summed E-state index contributed by atoms with van der Waals surface area (Å²) in [5, 5.41) is 10.2. The molecule has 2 aromatic carbocycles. The summed E-state index contributed by atoms with van der Waals surface area (Å²) >= 11 is 6.25. The van der Waals surface area contributed by atoms with E-state index >= 15 is 0 Å². The van der Waals surface area contributed by atoms with Gasteiger partial charge in [0.25, 0.3) is 0 Å². The monoisotopic (exact) mass is 491 g/mol. The number of hydrogen-bond acceptors (Lipinski definition) is 6. The smallest absolute Gasteiger partial charge is 0.230 e. The van der Waals surface area contributed by atoms with Crippen LogP contribution in [-0.4, -0.2) is 34.3 Å². The molecule has 7 rings (SSSR count). The van der Waals surface area contributed by atoms with Crippen molar-refractivity contribution >= 4 is 17.2 Å². The summed E-state index contributed by atoms with van der Waals surface area (Å²) in [7, 11) is 0. The Bertz CT molecular complexity index is 1730. The van der Waals surface area contributed by atoms with Crippen LogP contribution in [0.15, 0.2) is 85.5 Å². The van der Waals surface area contributed by atoms with Gasteiger partial charge in [-0.05, 0) is 48.9 Å². The number of rotatable bonds is 3. The molecular formula is C27H18ClN7O. The summed E-state index contributed by atoms with van der Waals surface area (Å²) in [6, 6.07) is 21.5. The van der Waals surface area contributed by atoms with Crippen molar-refractivity contribution in [3.8, 4) is 28.8 Å². The summed E-state index contributed by atoms with van der Waals surface area (Å²) in [6.07, 6.45) is 5.08. The van der Waals surface area contributed by atoms with Gasteiger partial charge in [-0.25, -0.2) is 19.2 Å². The van der Waals surface area contributed by atoms with Gasteiger partial charge in [-0.3, -0.25) is 4.98 Å². The zero-order valence-electron chi connectivity index (χ0n) is 19.1. The van der Waals surface area contributed by atoms with Crippen molar-refractivity contribution in [2.45, 2.75) is 12.8 Å². The molecule has 0 saturated heterocycles. The number of pyridine rings is 1. The zero-order valence-corrected chi connectivity index (χ0v) is 19.8. The largest absolute Gasteiger partial charge is 0.420 e. The van der Waals surface area contributed by atoms with Gasteiger partial charge >= 0.3 is 0 Å². The molecule has 0 unspecified atom stereocenters. The first kappa shape index (κ1) is 20.8. The van der Waals surface area contributed by atoms with Crippen molar-refractivity contribution < 1.29 is 4.74 Å². The highest BCUT2D eigenvalue weighted by Gasteiger charge is 2.38. The van der Waals surface area contributed by atoms with Crippen LogP contribution in [-0.2, 0) is 0 Å². The molecule has 1 aliphatic heterocycles. The predicted octanol–water partition coefficient (Wildman–Crippen LogP) is 5.62. The van der Waals surface area contributed by atoms with Gasteiger partial charge in [-0.15, -0.1) is 5.10 Å². The molecule has 6 aromatic rings. The van der Waals surface area contributed by atoms with E-state index in [1.165, 1.54) is 0 Å². The number of fused-ring (bicyclic) bond motifs is 4. The fourth-order valence-corrected chi connectivity index (χ4v) is 4.86. The van der Waals surface area contributed by atoms with Crippen LogP contribution in [0.1, 0.15) is 28.3 Å². The van der Waals surface area contributed by atoms with Gasteiger partial charge in [0.15, 0.2) is 11.5 Å². The van der Waals surface area contributed by atoms with Crippen LogP contribution in [0.25, 0.3) is 22.7 Å². The number of nitrogens with zero attached hydrogens (tertiary/aromatic N) is 7. The van der Waals surface area contributed by atoms with Gasteiger partial charge in [0.05, 0.1) is 28.4 Å². The van der Waals surface area contributed by atoms with E-state index in [0.717, 1.165) is 33.6 Å². The van der Waals surface area contributed by atoms with Crippen LogP contribution in [0.5, 0.6) is 11.8 Å². The third kappa shape index (κ3) is 3.19. The quantitative estimate of drug-likeness (QED) is 0.319. The number of hydrogen-bond donors (Lipinski definition) is 0. The fourth-order valence-electron chi connectivity index (χ4n) is 4.73. The Labute approximate surface area is 210 Å². The molecule has 1 aliphatic rings. The van der Waals surface area contributed by atoms with Crippen LogP contribution in [0.4, 0.5) is 0 Å². The van der Waals surface area contributed by atoms with E-state index in [-0.39, 0.29) is 5.92 Å². The average molecular weight is 492 g/mol. The Balaban J connectivity index is 1.50. The van der Waals surface area contributed by atoms with Gasteiger partial charge in [0.1, 0.15) is 6.33 Å². The maximum Gasteiger partial charge on any atom is 0.230 e. The van der Waals surface area contributed by atoms with E-state index in [1.54, 1.807) is 23.2 Å². The number of halogens is 1. The molecule has 0 spiro atoms. The molecule has 0 amide bonds. The average Bonchev–Trinajstić information content (AvgIpc) is 3.50. The van der Waals surface area contributed by atoms with Crippen molar-refractivity contribution in [2.75, 3.05) is 0 Å². The van der Waals surface area contributed by atoms with Crippen LogP contribution in [0.3, 0.4) is 0 Å². The summed E-state index contributed by atoms with van der Waals surface area (Å²) in [4.78, 5) is 13.7. The number of aryl methyl sites for hydroxylation is 1.